The van der Waals surface area contributed by atoms with Crippen LogP contribution < -0.4 is 20.9 Å². The summed E-state index contributed by atoms with van der Waals surface area (Å²) < 4.78 is 14.4. The molecule has 2 amide bonds. The van der Waals surface area contributed by atoms with Crippen LogP contribution in [0.2, 0.25) is 0 Å². The van der Waals surface area contributed by atoms with E-state index in [1.165, 1.54) is 17.4 Å². The second-order valence-electron chi connectivity index (χ2n) is 8.23. The minimum absolute atomic E-state index is 0.301. The summed E-state index contributed by atoms with van der Waals surface area (Å²) in [6.07, 6.45) is 3.46. The first kappa shape index (κ1) is 23.5. The highest BCUT2D eigenvalue weighted by atomic mass is 79.9. The first-order valence-corrected chi connectivity index (χ1v) is 12.2. The van der Waals surface area contributed by atoms with Gasteiger partial charge in [-0.1, -0.05) is 19.9 Å². The van der Waals surface area contributed by atoms with Crippen LogP contribution in [0.4, 0.5) is 20.3 Å². The average molecular weight is 534 g/mol. The molecule has 3 heterocycles. The average Bonchev–Trinajstić information content (AvgIpc) is 3.29. The molecule has 0 saturated carbocycles. The Morgan fingerprint density at radius 3 is 2.70 bits per heavy atom. The molecule has 2 aromatic heterocycles. The SMILES string of the molecule is CC(C)(c1ccc(Br)c(F)c1)c1csc(NC(=O)NCc2cnc(N3CCNCC3)nc2)n1. The molecule has 4 rings (SSSR count). The minimum Gasteiger partial charge on any atom is -0.338 e. The van der Waals surface area contributed by atoms with Crippen LogP contribution in [0.1, 0.15) is 30.7 Å². The van der Waals surface area contributed by atoms with Gasteiger partial charge in [-0.15, -0.1) is 11.3 Å². The highest BCUT2D eigenvalue weighted by Gasteiger charge is 2.27. The van der Waals surface area contributed by atoms with Crippen molar-refractivity contribution in [2.24, 2.45) is 0 Å². The van der Waals surface area contributed by atoms with Crippen molar-refractivity contribution in [2.75, 3.05) is 36.4 Å². The van der Waals surface area contributed by atoms with Crippen LogP contribution in [0.5, 0.6) is 0 Å². The van der Waals surface area contributed by atoms with Crippen LogP contribution in [-0.4, -0.2) is 47.2 Å². The van der Waals surface area contributed by atoms with Gasteiger partial charge >= 0.3 is 6.03 Å². The van der Waals surface area contributed by atoms with Gasteiger partial charge in [0.05, 0.1) is 10.2 Å². The van der Waals surface area contributed by atoms with Gasteiger partial charge < -0.3 is 15.5 Å². The van der Waals surface area contributed by atoms with E-state index in [0.717, 1.165) is 43.0 Å². The second-order valence-corrected chi connectivity index (χ2v) is 9.94. The molecular formula is C22H25BrFN7OS. The van der Waals surface area contributed by atoms with Gasteiger partial charge in [0, 0.05) is 61.5 Å². The van der Waals surface area contributed by atoms with Gasteiger partial charge in [-0.05, 0) is 33.6 Å². The first-order chi connectivity index (χ1) is 15.8. The Morgan fingerprint density at radius 1 is 1.27 bits per heavy atom. The molecule has 0 spiro atoms. The third kappa shape index (κ3) is 5.66. The van der Waals surface area contributed by atoms with Crippen LogP contribution in [0.3, 0.4) is 0 Å². The number of hydrogen-bond donors (Lipinski definition) is 3. The maximum absolute atomic E-state index is 14.0. The maximum atomic E-state index is 14.0. The number of amides is 2. The third-order valence-corrected chi connectivity index (χ3v) is 6.95. The van der Waals surface area contributed by atoms with Crippen molar-refractivity contribution in [3.8, 4) is 0 Å². The Hall–Kier alpha value is -2.63. The molecule has 1 aliphatic heterocycles. The van der Waals surface area contributed by atoms with E-state index in [1.54, 1.807) is 18.5 Å². The lowest BCUT2D eigenvalue weighted by Gasteiger charge is -2.27. The van der Waals surface area contributed by atoms with Gasteiger partial charge in [0.25, 0.3) is 0 Å². The second kappa shape index (κ2) is 10.1. The van der Waals surface area contributed by atoms with E-state index in [1.807, 2.05) is 25.3 Å². The van der Waals surface area contributed by atoms with Crippen molar-refractivity contribution < 1.29 is 9.18 Å². The quantitative estimate of drug-likeness (QED) is 0.444. The first-order valence-electron chi connectivity index (χ1n) is 10.6. The van der Waals surface area contributed by atoms with Gasteiger partial charge in [-0.2, -0.15) is 0 Å². The highest BCUT2D eigenvalue weighted by molar-refractivity contribution is 9.10. The van der Waals surface area contributed by atoms with Crippen LogP contribution >= 0.6 is 27.3 Å². The number of hydrogen-bond acceptors (Lipinski definition) is 7. The molecule has 3 aromatic rings. The van der Waals surface area contributed by atoms with Gasteiger partial charge in [-0.3, -0.25) is 5.32 Å². The van der Waals surface area contributed by atoms with Crippen molar-refractivity contribution in [1.29, 1.82) is 0 Å². The molecule has 11 heteroatoms. The molecule has 1 aliphatic rings. The Kier molecular flexibility index (Phi) is 7.20. The molecule has 0 bridgehead atoms. The maximum Gasteiger partial charge on any atom is 0.321 e. The van der Waals surface area contributed by atoms with Gasteiger partial charge in [0.1, 0.15) is 5.82 Å². The molecule has 0 atom stereocenters. The summed E-state index contributed by atoms with van der Waals surface area (Å²) in [5.41, 5.74) is 1.84. The number of nitrogens with one attached hydrogen (secondary N) is 3. The van der Waals surface area contributed by atoms with Crippen molar-refractivity contribution in [1.82, 2.24) is 25.6 Å². The van der Waals surface area contributed by atoms with Crippen LogP contribution in [0, 0.1) is 5.82 Å². The zero-order valence-electron chi connectivity index (χ0n) is 18.4. The molecule has 1 saturated heterocycles. The normalized spacial score (nSPS) is 14.2. The van der Waals surface area contributed by atoms with Crippen molar-refractivity contribution in [2.45, 2.75) is 25.8 Å². The lowest BCUT2D eigenvalue weighted by molar-refractivity contribution is 0.251. The highest BCUT2D eigenvalue weighted by Crippen LogP contribution is 2.34. The van der Waals surface area contributed by atoms with Crippen molar-refractivity contribution in [3.05, 3.63) is 63.1 Å². The molecule has 0 radical (unpaired) electrons. The van der Waals surface area contributed by atoms with E-state index in [-0.39, 0.29) is 11.8 Å². The topological polar surface area (TPSA) is 95.1 Å². The van der Waals surface area contributed by atoms with Gasteiger partial charge in [0.2, 0.25) is 5.95 Å². The minimum atomic E-state index is -0.516. The number of thiazole rings is 1. The molecule has 33 heavy (non-hydrogen) atoms. The Morgan fingerprint density at radius 2 is 2.00 bits per heavy atom. The predicted octanol–water partition coefficient (Wildman–Crippen LogP) is 3.89. The van der Waals surface area contributed by atoms with E-state index in [2.05, 4.69) is 51.7 Å². The summed E-state index contributed by atoms with van der Waals surface area (Å²) in [6.45, 7) is 7.84. The smallest absolute Gasteiger partial charge is 0.321 e. The number of anilines is 2. The molecule has 3 N–H and O–H groups in total. The molecule has 1 fully saturated rings. The zero-order chi connectivity index (χ0) is 23.4. The molecule has 0 aliphatic carbocycles. The lowest BCUT2D eigenvalue weighted by Crippen LogP contribution is -2.44. The monoisotopic (exact) mass is 533 g/mol. The number of rotatable bonds is 6. The summed E-state index contributed by atoms with van der Waals surface area (Å²) >= 11 is 4.51. The lowest BCUT2D eigenvalue weighted by atomic mass is 9.82. The Labute approximate surface area is 204 Å². The van der Waals surface area contributed by atoms with E-state index >= 15 is 0 Å². The zero-order valence-corrected chi connectivity index (χ0v) is 20.8. The van der Waals surface area contributed by atoms with E-state index in [4.69, 9.17) is 0 Å². The van der Waals surface area contributed by atoms with Crippen molar-refractivity contribution >= 4 is 44.4 Å². The van der Waals surface area contributed by atoms with Gasteiger partial charge in [-0.25, -0.2) is 24.1 Å². The largest absolute Gasteiger partial charge is 0.338 e. The summed E-state index contributed by atoms with van der Waals surface area (Å²) in [7, 11) is 0. The van der Waals surface area contributed by atoms with Crippen molar-refractivity contribution in [3.63, 3.8) is 0 Å². The fourth-order valence-electron chi connectivity index (χ4n) is 3.44. The number of carbonyl (C=O) groups is 1. The molecule has 1 aromatic carbocycles. The van der Waals surface area contributed by atoms with Gasteiger partial charge in [0.15, 0.2) is 5.13 Å². The van der Waals surface area contributed by atoms with Crippen LogP contribution in [-0.2, 0) is 12.0 Å². The summed E-state index contributed by atoms with van der Waals surface area (Å²) in [5, 5.41) is 11.2. The number of nitrogens with zero attached hydrogens (tertiary/aromatic N) is 4. The third-order valence-electron chi connectivity index (χ3n) is 5.55. The van der Waals surface area contributed by atoms with E-state index in [0.29, 0.717) is 22.1 Å². The molecule has 0 unspecified atom stereocenters. The summed E-state index contributed by atoms with van der Waals surface area (Å²) in [6, 6.07) is 4.68. The predicted molar refractivity (Wildman–Crippen MR) is 131 cm³/mol. The number of aromatic nitrogens is 3. The number of piperazine rings is 1. The van der Waals surface area contributed by atoms with E-state index in [9.17, 15) is 9.18 Å². The number of halogens is 2. The van der Waals surface area contributed by atoms with Crippen LogP contribution in [0.15, 0.2) is 40.4 Å². The molecule has 8 nitrogen and oxygen atoms in total. The Balaban J connectivity index is 1.32. The number of urea groups is 1. The van der Waals surface area contributed by atoms with Crippen LogP contribution in [0.25, 0.3) is 0 Å². The fraction of sp³-hybridized carbons (Fsp3) is 0.364. The fourth-order valence-corrected chi connectivity index (χ4v) is 4.56. The number of benzene rings is 1. The summed E-state index contributed by atoms with van der Waals surface area (Å²) in [5.74, 6) is 0.381. The Bertz CT molecular complexity index is 1120. The molecule has 174 valence electrons. The standard InChI is InChI=1S/C22H25BrFN7OS/c1-22(2,15-3-4-16(23)17(24)9-15)18-13-33-21(29-18)30-20(32)28-12-14-10-26-19(27-11-14)31-7-5-25-6-8-31/h3-4,9-11,13,25H,5-8,12H2,1-2H3,(H2,28,29,30,32). The summed E-state index contributed by atoms with van der Waals surface area (Å²) in [4.78, 5) is 27.8. The van der Waals surface area contributed by atoms with E-state index < -0.39 is 5.41 Å². The number of carbonyl (C=O) groups excluding carboxylic acids is 1. The molecular weight excluding hydrogens is 509 g/mol.